The Morgan fingerprint density at radius 2 is 0.507 bits per heavy atom. The minimum Gasteiger partial charge on any atom is -0.462 e. The Morgan fingerprint density at radius 1 is 0.282 bits per heavy atom. The van der Waals surface area contributed by atoms with E-state index in [4.69, 9.17) is 14.2 Å². The topological polar surface area (TPSA) is 78.9 Å². The van der Waals surface area contributed by atoms with Crippen LogP contribution in [-0.2, 0) is 28.6 Å². The van der Waals surface area contributed by atoms with Gasteiger partial charge in [0.05, 0.1) is 0 Å². The molecule has 1 atom stereocenters. The molecule has 0 aliphatic rings. The summed E-state index contributed by atoms with van der Waals surface area (Å²) in [7, 11) is 0. The van der Waals surface area contributed by atoms with E-state index in [9.17, 15) is 14.4 Å². The third-order valence-electron chi connectivity index (χ3n) is 14.1. The van der Waals surface area contributed by atoms with Gasteiger partial charge in [0, 0.05) is 19.3 Å². The molecule has 71 heavy (non-hydrogen) atoms. The predicted octanol–water partition coefficient (Wildman–Crippen LogP) is 21.2. The zero-order valence-electron chi connectivity index (χ0n) is 47.8. The lowest BCUT2D eigenvalue weighted by molar-refractivity contribution is -0.167. The highest BCUT2D eigenvalue weighted by atomic mass is 16.6. The van der Waals surface area contributed by atoms with Gasteiger partial charge in [0.15, 0.2) is 6.10 Å². The van der Waals surface area contributed by atoms with Crippen molar-refractivity contribution in [3.05, 3.63) is 36.5 Å². The van der Waals surface area contributed by atoms with Crippen LogP contribution in [0, 0.1) is 0 Å². The number of ether oxygens (including phenoxy) is 3. The highest BCUT2D eigenvalue weighted by Gasteiger charge is 2.19. The average Bonchev–Trinajstić information content (AvgIpc) is 3.37. The SMILES string of the molecule is CCCCCCC/C=C\C/C=C\C/C=C\CCCCCCCCCCCCCCCCC(=O)OCC(COC(=O)CCCCCCCCCCCCC)OC(=O)CCCCCCCCCCCCCCC. The maximum absolute atomic E-state index is 12.8. The van der Waals surface area contributed by atoms with E-state index in [1.807, 2.05) is 0 Å². The van der Waals surface area contributed by atoms with Gasteiger partial charge < -0.3 is 14.2 Å². The van der Waals surface area contributed by atoms with Gasteiger partial charge in [-0.25, -0.2) is 0 Å². The van der Waals surface area contributed by atoms with Crippen molar-refractivity contribution in [2.24, 2.45) is 0 Å². The maximum Gasteiger partial charge on any atom is 0.306 e. The molecule has 0 rings (SSSR count). The molecule has 6 nitrogen and oxygen atoms in total. The van der Waals surface area contributed by atoms with E-state index in [1.165, 1.54) is 231 Å². The van der Waals surface area contributed by atoms with Crippen LogP contribution in [0.5, 0.6) is 0 Å². The first-order chi connectivity index (χ1) is 35.0. The lowest BCUT2D eigenvalue weighted by Gasteiger charge is -2.18. The van der Waals surface area contributed by atoms with Crippen LogP contribution in [0.3, 0.4) is 0 Å². The van der Waals surface area contributed by atoms with E-state index in [-0.39, 0.29) is 31.1 Å². The van der Waals surface area contributed by atoms with Gasteiger partial charge in [-0.1, -0.05) is 301 Å². The van der Waals surface area contributed by atoms with Crippen molar-refractivity contribution < 1.29 is 28.6 Å². The molecule has 1 unspecified atom stereocenters. The first kappa shape index (κ1) is 68.6. The molecule has 0 aromatic heterocycles. The fraction of sp³-hybridized carbons (Fsp3) is 0.862. The quantitative estimate of drug-likeness (QED) is 0.0261. The Balaban J connectivity index is 4.12. The lowest BCUT2D eigenvalue weighted by Crippen LogP contribution is -2.30. The summed E-state index contributed by atoms with van der Waals surface area (Å²) in [4.78, 5) is 38.1. The summed E-state index contributed by atoms with van der Waals surface area (Å²) >= 11 is 0. The van der Waals surface area contributed by atoms with Gasteiger partial charge in [-0.05, 0) is 57.8 Å². The summed E-state index contributed by atoms with van der Waals surface area (Å²) in [6.45, 7) is 6.67. The monoisotopic (exact) mass is 997 g/mol. The maximum atomic E-state index is 12.8. The Kier molecular flexibility index (Phi) is 58.2. The largest absolute Gasteiger partial charge is 0.462 e. The van der Waals surface area contributed by atoms with E-state index < -0.39 is 6.10 Å². The number of hydrogen-bond acceptors (Lipinski definition) is 6. The van der Waals surface area contributed by atoms with Gasteiger partial charge in [0.2, 0.25) is 0 Å². The number of rotatable bonds is 58. The van der Waals surface area contributed by atoms with Crippen LogP contribution in [0.15, 0.2) is 36.5 Å². The first-order valence-corrected chi connectivity index (χ1v) is 31.5. The normalized spacial score (nSPS) is 12.2. The van der Waals surface area contributed by atoms with Gasteiger partial charge in [0.25, 0.3) is 0 Å². The molecule has 0 saturated heterocycles. The molecule has 0 fully saturated rings. The van der Waals surface area contributed by atoms with Gasteiger partial charge in [-0.3, -0.25) is 14.4 Å². The van der Waals surface area contributed by atoms with Gasteiger partial charge >= 0.3 is 17.9 Å². The standard InChI is InChI=1S/C65H120O6/c1-4-7-10-13-16-19-22-24-25-26-27-28-29-30-31-32-33-34-35-36-37-38-39-41-43-46-49-52-55-58-64(67)70-61-62(60-69-63(66)57-54-51-48-45-42-21-18-15-12-9-6-3)71-65(68)59-56-53-50-47-44-40-23-20-17-14-11-8-5-2/h22,24,26-27,29-30,62H,4-21,23,25,28,31-61H2,1-3H3/b24-22-,27-26-,30-29-. The van der Waals surface area contributed by atoms with Gasteiger partial charge in [-0.15, -0.1) is 0 Å². The van der Waals surface area contributed by atoms with Crippen molar-refractivity contribution >= 4 is 17.9 Å². The number of unbranched alkanes of at least 4 members (excludes halogenated alkanes) is 41. The minimum atomic E-state index is -0.766. The molecule has 0 amide bonds. The van der Waals surface area contributed by atoms with Gasteiger partial charge in [0.1, 0.15) is 13.2 Å². The van der Waals surface area contributed by atoms with E-state index in [0.29, 0.717) is 19.3 Å². The molecule has 0 N–H and O–H groups in total. The van der Waals surface area contributed by atoms with Crippen molar-refractivity contribution in [3.63, 3.8) is 0 Å². The Labute approximate surface area is 442 Å². The zero-order valence-corrected chi connectivity index (χ0v) is 47.8. The number of allylic oxidation sites excluding steroid dienone is 6. The molecule has 0 aliphatic carbocycles. The third kappa shape index (κ3) is 58.4. The van der Waals surface area contributed by atoms with Crippen LogP contribution >= 0.6 is 0 Å². The lowest BCUT2D eigenvalue weighted by atomic mass is 10.0. The van der Waals surface area contributed by atoms with Crippen LogP contribution < -0.4 is 0 Å². The van der Waals surface area contributed by atoms with Gasteiger partial charge in [-0.2, -0.15) is 0 Å². The third-order valence-corrected chi connectivity index (χ3v) is 14.1. The summed E-state index contributed by atoms with van der Waals surface area (Å²) in [5.41, 5.74) is 0. The van der Waals surface area contributed by atoms with Crippen LogP contribution in [0.1, 0.15) is 342 Å². The van der Waals surface area contributed by atoms with E-state index >= 15 is 0 Å². The summed E-state index contributed by atoms with van der Waals surface area (Å²) in [6, 6.07) is 0. The molecule has 0 aliphatic heterocycles. The molecule has 0 saturated carbocycles. The highest BCUT2D eigenvalue weighted by molar-refractivity contribution is 5.71. The van der Waals surface area contributed by atoms with Crippen molar-refractivity contribution in [3.8, 4) is 0 Å². The minimum absolute atomic E-state index is 0.0662. The molecule has 0 bridgehead atoms. The summed E-state index contributed by atoms with van der Waals surface area (Å²) < 4.78 is 16.9. The fourth-order valence-corrected chi connectivity index (χ4v) is 9.39. The molecular formula is C65H120O6. The second-order valence-electron chi connectivity index (χ2n) is 21.3. The smallest absolute Gasteiger partial charge is 0.306 e. The summed E-state index contributed by atoms with van der Waals surface area (Å²) in [5.74, 6) is -0.847. The Bertz CT molecular complexity index is 1190. The average molecular weight is 998 g/mol. The van der Waals surface area contributed by atoms with Crippen molar-refractivity contribution in [1.82, 2.24) is 0 Å². The van der Waals surface area contributed by atoms with Crippen LogP contribution in [0.4, 0.5) is 0 Å². The molecular weight excluding hydrogens is 877 g/mol. The van der Waals surface area contributed by atoms with Crippen molar-refractivity contribution in [2.45, 2.75) is 348 Å². The Morgan fingerprint density at radius 3 is 0.789 bits per heavy atom. The number of hydrogen-bond donors (Lipinski definition) is 0. The Hall–Kier alpha value is -2.37. The van der Waals surface area contributed by atoms with Crippen molar-refractivity contribution in [1.29, 1.82) is 0 Å². The number of carbonyl (C=O) groups excluding carboxylic acids is 3. The summed E-state index contributed by atoms with van der Waals surface area (Å²) in [5, 5.41) is 0. The van der Waals surface area contributed by atoms with E-state index in [1.54, 1.807) is 0 Å². The molecule has 0 spiro atoms. The molecule has 0 radical (unpaired) electrons. The molecule has 416 valence electrons. The van der Waals surface area contributed by atoms with E-state index in [2.05, 4.69) is 57.2 Å². The highest BCUT2D eigenvalue weighted by Crippen LogP contribution is 2.17. The molecule has 0 heterocycles. The molecule has 6 heteroatoms. The van der Waals surface area contributed by atoms with Crippen LogP contribution in [-0.4, -0.2) is 37.2 Å². The fourth-order valence-electron chi connectivity index (χ4n) is 9.39. The van der Waals surface area contributed by atoms with E-state index in [0.717, 1.165) is 70.6 Å². The molecule has 0 aromatic rings. The first-order valence-electron chi connectivity index (χ1n) is 31.5. The zero-order chi connectivity index (χ0) is 51.4. The number of esters is 3. The molecule has 0 aromatic carbocycles. The second kappa shape index (κ2) is 60.2. The predicted molar refractivity (Wildman–Crippen MR) is 307 cm³/mol. The second-order valence-corrected chi connectivity index (χ2v) is 21.3. The van der Waals surface area contributed by atoms with Crippen LogP contribution in [0.2, 0.25) is 0 Å². The van der Waals surface area contributed by atoms with Crippen LogP contribution in [0.25, 0.3) is 0 Å². The van der Waals surface area contributed by atoms with Crippen molar-refractivity contribution in [2.75, 3.05) is 13.2 Å². The number of carbonyl (C=O) groups is 3. The summed E-state index contributed by atoms with van der Waals surface area (Å²) in [6.07, 6.45) is 73.0.